The van der Waals surface area contributed by atoms with Gasteiger partial charge in [0.25, 0.3) is 0 Å². The lowest BCUT2D eigenvalue weighted by Crippen LogP contribution is -2.37. The van der Waals surface area contributed by atoms with Crippen molar-refractivity contribution in [2.45, 2.75) is 46.5 Å². The molecular formula is C23H27FN4O2. The fourth-order valence-corrected chi connectivity index (χ4v) is 4.27. The summed E-state index contributed by atoms with van der Waals surface area (Å²) in [5.74, 6) is 1.47. The Morgan fingerprint density at radius 1 is 1.17 bits per heavy atom. The average molecular weight is 410 g/mol. The molecule has 4 rings (SSSR count). The lowest BCUT2D eigenvalue weighted by atomic mass is 9.96. The molecule has 2 aromatic heterocycles. The van der Waals surface area contributed by atoms with Crippen LogP contribution < -0.4 is 0 Å². The lowest BCUT2D eigenvalue weighted by Gasteiger charge is -2.29. The van der Waals surface area contributed by atoms with E-state index in [1.165, 1.54) is 6.07 Å². The van der Waals surface area contributed by atoms with Gasteiger partial charge in [0.1, 0.15) is 5.82 Å². The zero-order chi connectivity index (χ0) is 21.4. The van der Waals surface area contributed by atoms with Crippen molar-refractivity contribution in [3.8, 4) is 5.69 Å². The van der Waals surface area contributed by atoms with E-state index in [9.17, 15) is 9.18 Å². The Hall–Kier alpha value is -2.80. The van der Waals surface area contributed by atoms with Crippen molar-refractivity contribution >= 4 is 5.78 Å². The predicted octanol–water partition coefficient (Wildman–Crippen LogP) is 4.30. The number of hydrogen-bond acceptors (Lipinski definition) is 5. The molecule has 1 saturated heterocycles. The molecule has 3 heterocycles. The molecule has 0 N–H and O–H groups in total. The number of rotatable bonds is 5. The van der Waals surface area contributed by atoms with Crippen molar-refractivity contribution in [2.24, 2.45) is 0 Å². The topological polar surface area (TPSA) is 64.2 Å². The van der Waals surface area contributed by atoms with Gasteiger partial charge in [-0.15, -0.1) is 0 Å². The van der Waals surface area contributed by atoms with Crippen LogP contribution in [0.15, 0.2) is 28.8 Å². The number of Topliss-reactive ketones (excluding diaryl/α,β-unsaturated/α-hetero) is 1. The van der Waals surface area contributed by atoms with E-state index in [0.717, 1.165) is 43.0 Å². The van der Waals surface area contributed by atoms with Crippen molar-refractivity contribution in [3.63, 3.8) is 0 Å². The molecule has 158 valence electrons. The normalized spacial score (nSPS) is 15.6. The number of likely N-dealkylation sites (tertiary alicyclic amines) is 1. The zero-order valence-electron chi connectivity index (χ0n) is 17.9. The second-order valence-electron chi connectivity index (χ2n) is 8.21. The molecule has 30 heavy (non-hydrogen) atoms. The molecule has 0 aliphatic carbocycles. The minimum Gasteiger partial charge on any atom is -0.339 e. The molecule has 1 aliphatic rings. The number of aryl methyl sites for hydroxylation is 3. The number of nitrogens with zero attached hydrogens (tertiary/aromatic N) is 4. The maximum Gasteiger partial charge on any atom is 0.229 e. The SMILES string of the molecule is Cc1noc(C2CCN(CC(=O)c3cc(C)n(-c4ccc(C)c(F)c4)c3C)CC2)n1. The zero-order valence-corrected chi connectivity index (χ0v) is 17.9. The van der Waals surface area contributed by atoms with Crippen LogP contribution in [0.2, 0.25) is 0 Å². The summed E-state index contributed by atoms with van der Waals surface area (Å²) in [5.41, 5.74) is 3.81. The second-order valence-corrected chi connectivity index (χ2v) is 8.21. The van der Waals surface area contributed by atoms with E-state index in [1.807, 2.05) is 37.5 Å². The Morgan fingerprint density at radius 2 is 1.90 bits per heavy atom. The number of carbonyl (C=O) groups excluding carboxylic acids is 1. The summed E-state index contributed by atoms with van der Waals surface area (Å²) < 4.78 is 21.3. The number of carbonyl (C=O) groups is 1. The third-order valence-corrected chi connectivity index (χ3v) is 5.99. The predicted molar refractivity (Wildman–Crippen MR) is 112 cm³/mol. The monoisotopic (exact) mass is 410 g/mol. The van der Waals surface area contributed by atoms with Gasteiger partial charge in [-0.25, -0.2) is 4.39 Å². The summed E-state index contributed by atoms with van der Waals surface area (Å²) in [5, 5.41) is 3.87. The molecule has 0 radical (unpaired) electrons. The van der Waals surface area contributed by atoms with Gasteiger partial charge in [0.15, 0.2) is 11.6 Å². The van der Waals surface area contributed by atoms with Gasteiger partial charge >= 0.3 is 0 Å². The Kier molecular flexibility index (Phi) is 5.56. The molecule has 0 atom stereocenters. The number of piperidine rings is 1. The molecule has 1 aromatic carbocycles. The number of hydrogen-bond donors (Lipinski definition) is 0. The first-order valence-electron chi connectivity index (χ1n) is 10.3. The van der Waals surface area contributed by atoms with Crippen LogP contribution in [0.3, 0.4) is 0 Å². The highest BCUT2D eigenvalue weighted by Crippen LogP contribution is 2.27. The van der Waals surface area contributed by atoms with Crippen LogP contribution in [0, 0.1) is 33.5 Å². The van der Waals surface area contributed by atoms with Crippen LogP contribution in [0.5, 0.6) is 0 Å². The van der Waals surface area contributed by atoms with E-state index in [-0.39, 0.29) is 17.5 Å². The molecule has 6 nitrogen and oxygen atoms in total. The molecule has 7 heteroatoms. The standard InChI is InChI=1S/C23H27FN4O2/c1-14-5-6-19(12-21(14)24)28-15(2)11-20(16(28)3)22(29)13-27-9-7-18(8-10-27)23-25-17(4)26-30-23/h5-6,11-12,18H,7-10,13H2,1-4H3. The van der Waals surface area contributed by atoms with Gasteiger partial charge in [0.05, 0.1) is 6.54 Å². The summed E-state index contributed by atoms with van der Waals surface area (Å²) in [7, 11) is 0. The van der Waals surface area contributed by atoms with E-state index < -0.39 is 0 Å². The van der Waals surface area contributed by atoms with Crippen LogP contribution in [0.25, 0.3) is 5.69 Å². The summed E-state index contributed by atoms with van der Waals surface area (Å²) in [4.78, 5) is 19.6. The quantitative estimate of drug-likeness (QED) is 0.587. The molecule has 0 spiro atoms. The van der Waals surface area contributed by atoms with Crippen molar-refractivity contribution < 1.29 is 13.7 Å². The summed E-state index contributed by atoms with van der Waals surface area (Å²) in [6.07, 6.45) is 1.80. The summed E-state index contributed by atoms with van der Waals surface area (Å²) in [6.45, 7) is 9.44. The Bertz CT molecular complexity index is 1080. The van der Waals surface area contributed by atoms with E-state index >= 15 is 0 Å². The average Bonchev–Trinajstić information content (AvgIpc) is 3.27. The molecule has 0 saturated carbocycles. The number of halogens is 1. The van der Waals surface area contributed by atoms with Gasteiger partial charge in [0.2, 0.25) is 5.89 Å². The van der Waals surface area contributed by atoms with Crippen molar-refractivity contribution in [2.75, 3.05) is 19.6 Å². The van der Waals surface area contributed by atoms with E-state index in [0.29, 0.717) is 29.4 Å². The van der Waals surface area contributed by atoms with Gasteiger partial charge in [-0.2, -0.15) is 4.98 Å². The number of ketones is 1. The Morgan fingerprint density at radius 3 is 2.53 bits per heavy atom. The van der Waals surface area contributed by atoms with E-state index in [1.54, 1.807) is 13.0 Å². The largest absolute Gasteiger partial charge is 0.339 e. The first-order chi connectivity index (χ1) is 14.3. The van der Waals surface area contributed by atoms with Gasteiger partial charge in [-0.1, -0.05) is 11.2 Å². The maximum absolute atomic E-state index is 14.1. The van der Waals surface area contributed by atoms with Crippen molar-refractivity contribution in [1.29, 1.82) is 0 Å². The molecule has 0 unspecified atom stereocenters. The fraction of sp³-hybridized carbons (Fsp3) is 0.435. The van der Waals surface area contributed by atoms with Gasteiger partial charge in [-0.3, -0.25) is 9.69 Å². The van der Waals surface area contributed by atoms with Crippen LogP contribution in [-0.2, 0) is 0 Å². The molecular weight excluding hydrogens is 383 g/mol. The molecule has 1 aliphatic heterocycles. The van der Waals surface area contributed by atoms with Crippen LogP contribution in [-0.4, -0.2) is 45.0 Å². The molecule has 3 aromatic rings. The van der Waals surface area contributed by atoms with Crippen LogP contribution in [0.4, 0.5) is 4.39 Å². The first kappa shape index (κ1) is 20.5. The summed E-state index contributed by atoms with van der Waals surface area (Å²) in [6, 6.07) is 7.08. The third-order valence-electron chi connectivity index (χ3n) is 5.99. The molecule has 0 bridgehead atoms. The first-order valence-corrected chi connectivity index (χ1v) is 10.3. The highest BCUT2D eigenvalue weighted by Gasteiger charge is 2.27. The second kappa shape index (κ2) is 8.14. The lowest BCUT2D eigenvalue weighted by molar-refractivity contribution is 0.0904. The third kappa shape index (κ3) is 3.94. The Labute approximate surface area is 175 Å². The van der Waals surface area contributed by atoms with Crippen LogP contribution >= 0.6 is 0 Å². The highest BCUT2D eigenvalue weighted by atomic mass is 19.1. The van der Waals surface area contributed by atoms with Crippen molar-refractivity contribution in [1.82, 2.24) is 19.6 Å². The van der Waals surface area contributed by atoms with Crippen LogP contribution in [0.1, 0.15) is 57.8 Å². The van der Waals surface area contributed by atoms with Gasteiger partial charge in [-0.05, 0) is 77.4 Å². The fourth-order valence-electron chi connectivity index (χ4n) is 4.27. The maximum atomic E-state index is 14.1. The summed E-state index contributed by atoms with van der Waals surface area (Å²) >= 11 is 0. The number of benzene rings is 1. The van der Waals surface area contributed by atoms with Gasteiger partial charge < -0.3 is 9.09 Å². The van der Waals surface area contributed by atoms with E-state index in [2.05, 4.69) is 15.0 Å². The highest BCUT2D eigenvalue weighted by molar-refractivity contribution is 5.99. The van der Waals surface area contributed by atoms with Gasteiger partial charge in [0, 0.05) is 28.6 Å². The minimum absolute atomic E-state index is 0.0917. The molecule has 1 fully saturated rings. The Balaban J connectivity index is 1.45. The number of aromatic nitrogens is 3. The molecule has 0 amide bonds. The van der Waals surface area contributed by atoms with E-state index in [4.69, 9.17) is 4.52 Å². The smallest absolute Gasteiger partial charge is 0.229 e. The van der Waals surface area contributed by atoms with Crippen molar-refractivity contribution in [3.05, 3.63) is 64.3 Å². The minimum atomic E-state index is -0.243.